The average Bonchev–Trinajstić information content (AvgIpc) is 2.18. The number of aliphatic hydroxyl groups excluding tert-OH is 1. The van der Waals surface area contributed by atoms with Crippen LogP contribution in [-0.2, 0) is 4.74 Å². The molecule has 4 atom stereocenters. The van der Waals surface area contributed by atoms with Crippen LogP contribution in [0, 0.1) is 11.8 Å². The standard InChI is InChI=1S/C12H22O2/c1-9-4-2-3-5-11(9)12-8-10(13)6-7-14-12/h9-13H,2-8H2,1H3. The van der Waals surface area contributed by atoms with Crippen molar-refractivity contribution in [2.75, 3.05) is 6.61 Å². The second-order valence-corrected chi connectivity index (χ2v) is 5.01. The third-order valence-electron chi connectivity index (χ3n) is 3.94. The minimum atomic E-state index is -0.108. The van der Waals surface area contributed by atoms with Crippen molar-refractivity contribution >= 4 is 0 Å². The number of ether oxygens (including phenoxy) is 1. The molecule has 1 aliphatic heterocycles. The molecule has 1 N–H and O–H groups in total. The van der Waals surface area contributed by atoms with Crippen LogP contribution in [0.5, 0.6) is 0 Å². The molecule has 0 aromatic carbocycles. The van der Waals surface area contributed by atoms with Crippen molar-refractivity contribution in [2.45, 2.75) is 57.7 Å². The lowest BCUT2D eigenvalue weighted by Crippen LogP contribution is -2.38. The van der Waals surface area contributed by atoms with Crippen LogP contribution >= 0.6 is 0 Å². The third kappa shape index (κ3) is 2.29. The molecule has 2 heteroatoms. The molecule has 1 heterocycles. The summed E-state index contributed by atoms with van der Waals surface area (Å²) in [6.45, 7) is 3.10. The van der Waals surface area contributed by atoms with Crippen LogP contribution in [0.25, 0.3) is 0 Å². The summed E-state index contributed by atoms with van der Waals surface area (Å²) in [5, 5.41) is 9.62. The predicted octanol–water partition coefficient (Wildman–Crippen LogP) is 2.35. The van der Waals surface area contributed by atoms with Gasteiger partial charge in [0.15, 0.2) is 0 Å². The summed E-state index contributed by atoms with van der Waals surface area (Å²) in [7, 11) is 0. The molecule has 14 heavy (non-hydrogen) atoms. The Morgan fingerprint density at radius 3 is 2.64 bits per heavy atom. The summed E-state index contributed by atoms with van der Waals surface area (Å²) in [5.41, 5.74) is 0. The molecule has 4 unspecified atom stereocenters. The molecular formula is C12H22O2. The molecule has 2 aliphatic rings. The highest BCUT2D eigenvalue weighted by Gasteiger charge is 2.33. The van der Waals surface area contributed by atoms with Gasteiger partial charge in [-0.15, -0.1) is 0 Å². The van der Waals surface area contributed by atoms with Crippen LogP contribution in [0.1, 0.15) is 45.4 Å². The van der Waals surface area contributed by atoms with Crippen molar-refractivity contribution in [3.63, 3.8) is 0 Å². The number of aliphatic hydroxyl groups is 1. The van der Waals surface area contributed by atoms with Gasteiger partial charge in [-0.05, 0) is 31.1 Å². The van der Waals surface area contributed by atoms with Crippen LogP contribution in [0.3, 0.4) is 0 Å². The Kier molecular flexibility index (Phi) is 3.45. The Morgan fingerprint density at radius 2 is 1.93 bits per heavy atom. The first-order valence-electron chi connectivity index (χ1n) is 6.07. The maximum Gasteiger partial charge on any atom is 0.0630 e. The minimum Gasteiger partial charge on any atom is -0.393 e. The minimum absolute atomic E-state index is 0.108. The largest absolute Gasteiger partial charge is 0.393 e. The van der Waals surface area contributed by atoms with Crippen LogP contribution in [0.15, 0.2) is 0 Å². The molecule has 1 saturated carbocycles. The van der Waals surface area contributed by atoms with Crippen LogP contribution in [-0.4, -0.2) is 23.9 Å². The van der Waals surface area contributed by atoms with Gasteiger partial charge in [0, 0.05) is 6.61 Å². The molecule has 2 rings (SSSR count). The van der Waals surface area contributed by atoms with E-state index in [9.17, 15) is 5.11 Å². The lowest BCUT2D eigenvalue weighted by atomic mass is 9.75. The van der Waals surface area contributed by atoms with E-state index < -0.39 is 0 Å². The first-order valence-corrected chi connectivity index (χ1v) is 6.07. The Balaban J connectivity index is 1.91. The lowest BCUT2D eigenvalue weighted by Gasteiger charge is -2.38. The van der Waals surface area contributed by atoms with E-state index in [1.165, 1.54) is 25.7 Å². The highest BCUT2D eigenvalue weighted by molar-refractivity contribution is 4.83. The van der Waals surface area contributed by atoms with Crippen molar-refractivity contribution in [3.05, 3.63) is 0 Å². The Morgan fingerprint density at radius 1 is 1.14 bits per heavy atom. The first kappa shape index (κ1) is 10.4. The van der Waals surface area contributed by atoms with Crippen molar-refractivity contribution in [2.24, 2.45) is 11.8 Å². The van der Waals surface area contributed by atoms with Gasteiger partial charge in [0.2, 0.25) is 0 Å². The SMILES string of the molecule is CC1CCCCC1C1CC(O)CCO1. The summed E-state index contributed by atoms with van der Waals surface area (Å²) < 4.78 is 5.80. The smallest absolute Gasteiger partial charge is 0.0630 e. The van der Waals surface area contributed by atoms with E-state index in [2.05, 4.69) is 6.92 Å². The summed E-state index contributed by atoms with van der Waals surface area (Å²) in [6.07, 6.45) is 7.32. The maximum absolute atomic E-state index is 9.62. The fraction of sp³-hybridized carbons (Fsp3) is 1.00. The van der Waals surface area contributed by atoms with Gasteiger partial charge in [-0.3, -0.25) is 0 Å². The van der Waals surface area contributed by atoms with Gasteiger partial charge in [-0.1, -0.05) is 26.2 Å². The van der Waals surface area contributed by atoms with E-state index in [0.29, 0.717) is 12.0 Å². The molecular weight excluding hydrogens is 176 g/mol. The monoisotopic (exact) mass is 198 g/mol. The van der Waals surface area contributed by atoms with E-state index >= 15 is 0 Å². The summed E-state index contributed by atoms with van der Waals surface area (Å²) in [5.74, 6) is 1.50. The maximum atomic E-state index is 9.62. The zero-order chi connectivity index (χ0) is 9.97. The van der Waals surface area contributed by atoms with Gasteiger partial charge < -0.3 is 9.84 Å². The molecule has 0 radical (unpaired) electrons. The van der Waals surface area contributed by atoms with Gasteiger partial charge in [0.1, 0.15) is 0 Å². The molecule has 0 spiro atoms. The van der Waals surface area contributed by atoms with Crippen molar-refractivity contribution in [1.29, 1.82) is 0 Å². The second-order valence-electron chi connectivity index (χ2n) is 5.01. The first-order chi connectivity index (χ1) is 6.77. The zero-order valence-corrected chi connectivity index (χ0v) is 9.11. The molecule has 2 fully saturated rings. The van der Waals surface area contributed by atoms with E-state index in [-0.39, 0.29) is 6.10 Å². The lowest BCUT2D eigenvalue weighted by molar-refractivity contribution is -0.0857. The number of hydrogen-bond donors (Lipinski definition) is 1. The van der Waals surface area contributed by atoms with Crippen LogP contribution < -0.4 is 0 Å². The zero-order valence-electron chi connectivity index (χ0n) is 9.11. The molecule has 1 saturated heterocycles. The van der Waals surface area contributed by atoms with E-state index in [1.807, 2.05) is 0 Å². The van der Waals surface area contributed by atoms with Crippen molar-refractivity contribution in [3.8, 4) is 0 Å². The molecule has 82 valence electrons. The third-order valence-corrected chi connectivity index (χ3v) is 3.94. The normalized spacial score (nSPS) is 45.0. The van der Waals surface area contributed by atoms with Crippen LogP contribution in [0.2, 0.25) is 0 Å². The molecule has 0 bridgehead atoms. The molecule has 0 aromatic heterocycles. The van der Waals surface area contributed by atoms with E-state index in [1.54, 1.807) is 0 Å². The molecule has 0 amide bonds. The quantitative estimate of drug-likeness (QED) is 0.701. The van der Waals surface area contributed by atoms with Crippen LogP contribution in [0.4, 0.5) is 0 Å². The number of hydrogen-bond acceptors (Lipinski definition) is 2. The van der Waals surface area contributed by atoms with Gasteiger partial charge >= 0.3 is 0 Å². The fourth-order valence-electron chi connectivity index (χ4n) is 3.01. The average molecular weight is 198 g/mol. The second kappa shape index (κ2) is 4.63. The van der Waals surface area contributed by atoms with Gasteiger partial charge in [-0.2, -0.15) is 0 Å². The van der Waals surface area contributed by atoms with Gasteiger partial charge in [-0.25, -0.2) is 0 Å². The van der Waals surface area contributed by atoms with Crippen molar-refractivity contribution < 1.29 is 9.84 Å². The highest BCUT2D eigenvalue weighted by Crippen LogP contribution is 2.36. The Hall–Kier alpha value is -0.0800. The topological polar surface area (TPSA) is 29.5 Å². The Bertz CT molecular complexity index is 181. The Labute approximate surface area is 86.6 Å². The van der Waals surface area contributed by atoms with E-state index in [0.717, 1.165) is 25.4 Å². The predicted molar refractivity (Wildman–Crippen MR) is 56.1 cm³/mol. The summed E-state index contributed by atoms with van der Waals surface area (Å²) >= 11 is 0. The molecule has 1 aliphatic carbocycles. The van der Waals surface area contributed by atoms with Gasteiger partial charge in [0.05, 0.1) is 12.2 Å². The fourth-order valence-corrected chi connectivity index (χ4v) is 3.01. The molecule has 2 nitrogen and oxygen atoms in total. The summed E-state index contributed by atoms with van der Waals surface area (Å²) in [4.78, 5) is 0. The summed E-state index contributed by atoms with van der Waals surface area (Å²) in [6, 6.07) is 0. The van der Waals surface area contributed by atoms with E-state index in [4.69, 9.17) is 4.74 Å². The highest BCUT2D eigenvalue weighted by atomic mass is 16.5. The van der Waals surface area contributed by atoms with Crippen molar-refractivity contribution in [1.82, 2.24) is 0 Å². The van der Waals surface area contributed by atoms with Gasteiger partial charge in [0.25, 0.3) is 0 Å². The molecule has 0 aromatic rings. The number of rotatable bonds is 1.